The predicted molar refractivity (Wildman–Crippen MR) is 584 cm³/mol. The molecule has 0 unspecified atom stereocenters. The van der Waals surface area contributed by atoms with E-state index in [0.717, 1.165) is 233 Å². The summed E-state index contributed by atoms with van der Waals surface area (Å²) in [5.41, 5.74) is 10.6. The van der Waals surface area contributed by atoms with Crippen molar-refractivity contribution in [1.82, 2.24) is 0 Å². The second-order valence-corrected chi connectivity index (χ2v) is 47.3. The molecule has 0 heterocycles. The lowest BCUT2D eigenvalue weighted by Crippen LogP contribution is -2.25. The highest BCUT2D eigenvalue weighted by molar-refractivity contribution is 6.32. The fourth-order valence-electron chi connectivity index (χ4n) is 24.6. The third-order valence-electron chi connectivity index (χ3n) is 35.1. The smallest absolute Gasteiger partial charge is 0.162 e. The fraction of sp³-hybridized carbons (Fsp3) is 0.613. The van der Waals surface area contributed by atoms with Crippen LogP contribution in [0.2, 0.25) is 20.1 Å². The van der Waals surface area contributed by atoms with Crippen LogP contribution in [0.15, 0.2) is 97.1 Å². The Kier molecular flexibility index (Phi) is 44.7. The summed E-state index contributed by atoms with van der Waals surface area (Å²) in [4.78, 5) is 0. The molecule has 0 N–H and O–H groups in total. The number of halogens is 16. The molecule has 10 fully saturated rings. The topological polar surface area (TPSA) is 0 Å². The maximum absolute atomic E-state index is 14.2. The Morgan fingerprint density at radius 3 is 0.464 bits per heavy atom. The van der Waals surface area contributed by atoms with Crippen LogP contribution < -0.4 is 0 Å². The average Bonchev–Trinajstić information content (AvgIpc) is 0.803. The van der Waals surface area contributed by atoms with E-state index in [1.807, 2.05) is 62.4 Å². The Morgan fingerprint density at radius 2 is 0.279 bits per heavy atom. The van der Waals surface area contributed by atoms with E-state index in [9.17, 15) is 52.7 Å². The quantitative estimate of drug-likeness (QED) is 0.120. The molecule has 0 amide bonds. The Balaban J connectivity index is 0.000000852. The van der Waals surface area contributed by atoms with E-state index in [2.05, 4.69) is 55.4 Å². The van der Waals surface area contributed by atoms with Crippen molar-refractivity contribution in [2.24, 2.45) is 71.0 Å². The van der Waals surface area contributed by atoms with Gasteiger partial charge in [-0.25, -0.2) is 52.7 Å². The molecule has 0 radical (unpaired) electrons. The summed E-state index contributed by atoms with van der Waals surface area (Å²) >= 11 is 24.1. The lowest BCUT2D eigenvalue weighted by molar-refractivity contribution is 0.164. The first kappa shape index (κ1) is 114. The van der Waals surface area contributed by atoms with Crippen LogP contribution in [0.4, 0.5) is 52.7 Å². The molecule has 0 bridgehead atoms. The van der Waals surface area contributed by atoms with Crippen LogP contribution in [0.3, 0.4) is 0 Å². The molecule has 10 aliphatic carbocycles. The minimum atomic E-state index is -0.670. The van der Waals surface area contributed by atoms with E-state index in [0.29, 0.717) is 99.4 Å². The van der Waals surface area contributed by atoms with Gasteiger partial charge in [-0.1, -0.05) is 302 Å². The van der Waals surface area contributed by atoms with Crippen LogP contribution >= 0.6 is 46.4 Å². The first-order valence-corrected chi connectivity index (χ1v) is 55.7. The Hall–Kier alpha value is -5.92. The van der Waals surface area contributed by atoms with Gasteiger partial charge < -0.3 is 0 Å². The highest BCUT2D eigenvalue weighted by Gasteiger charge is 2.37. The normalized spacial score (nSPS) is 28.0. The summed E-state index contributed by atoms with van der Waals surface area (Å²) in [6.45, 7) is 32.0. The molecule has 140 heavy (non-hydrogen) atoms. The molecule has 0 atom stereocenters. The molecule has 0 spiro atoms. The van der Waals surface area contributed by atoms with Crippen molar-refractivity contribution in [1.29, 1.82) is 0 Å². The van der Waals surface area contributed by atoms with Crippen molar-refractivity contribution < 1.29 is 67.0 Å². The van der Waals surface area contributed by atoms with Gasteiger partial charge in [-0.2, -0.15) is 0 Å². The van der Waals surface area contributed by atoms with Crippen LogP contribution in [-0.4, -0.2) is 0 Å². The summed E-state index contributed by atoms with van der Waals surface area (Å²) in [5.74, 6) is 6.44. The largest absolute Gasteiger partial charge is 0.205 e. The van der Waals surface area contributed by atoms with Gasteiger partial charge in [0, 0.05) is 14.3 Å². The number of hydrogen-bond donors (Lipinski definition) is 0. The molecular formula is C124H184Cl4F12. The van der Waals surface area contributed by atoms with Gasteiger partial charge in [0.1, 0.15) is 23.3 Å². The monoisotopic (exact) mass is 2040 g/mol. The molecule has 0 nitrogen and oxygen atoms in total. The lowest BCUT2D eigenvalue weighted by Gasteiger charge is -2.37. The van der Waals surface area contributed by atoms with Crippen molar-refractivity contribution >= 4 is 46.4 Å². The molecule has 8 aromatic rings. The number of rotatable bonds is 10. The zero-order valence-corrected chi connectivity index (χ0v) is 90.1. The van der Waals surface area contributed by atoms with Gasteiger partial charge >= 0.3 is 0 Å². The van der Waals surface area contributed by atoms with Crippen molar-refractivity contribution in [3.05, 3.63) is 276 Å². The summed E-state index contributed by atoms with van der Waals surface area (Å²) in [5, 5.41) is 1.30. The molecule has 18 rings (SSSR count). The summed E-state index contributed by atoms with van der Waals surface area (Å²) in [6, 6.07) is 29.3. The second-order valence-electron chi connectivity index (χ2n) is 45.8. The van der Waals surface area contributed by atoms with E-state index in [4.69, 9.17) is 46.4 Å². The summed E-state index contributed by atoms with van der Waals surface area (Å²) in [7, 11) is 0. The van der Waals surface area contributed by atoms with E-state index in [1.165, 1.54) is 128 Å². The molecule has 0 aromatic heterocycles. The minimum Gasteiger partial charge on any atom is -0.205 e. The second kappa shape index (κ2) is 54.7. The molecule has 0 saturated heterocycles. The van der Waals surface area contributed by atoms with Gasteiger partial charge in [-0.15, -0.1) is 0 Å². The Labute approximate surface area is 870 Å². The van der Waals surface area contributed by atoms with Crippen LogP contribution in [-0.2, 0) is 0 Å². The van der Waals surface area contributed by atoms with Crippen LogP contribution in [0.5, 0.6) is 0 Å². The lowest BCUT2D eigenvalue weighted by atomic mass is 9.68. The van der Waals surface area contributed by atoms with Gasteiger partial charge in [0.2, 0.25) is 0 Å². The van der Waals surface area contributed by atoms with Crippen LogP contribution in [0.1, 0.15) is 463 Å². The molecule has 0 aliphatic heterocycles. The van der Waals surface area contributed by atoms with Gasteiger partial charge in [-0.05, 0) is 417 Å². The third-order valence-corrected chi connectivity index (χ3v) is 36.8. The van der Waals surface area contributed by atoms with E-state index < -0.39 is 46.5 Å². The summed E-state index contributed by atoms with van der Waals surface area (Å²) in [6.07, 6.45) is 47.0. The SMILES string of the molecule is Cc1ccc(C2CCC(C)CC2)c(Cl)c1F.Cc1ccc(C2CCC(C)CC2)c(Cl)c1F.Cc1ccc(C2CCC(C)CC2)c(F)c1Cl.Cc1ccc(C2CCC(C)CC2)c(F)c1Cl.Cc1ccc(C2CCC(C)CC2)c(F)c1F.Cc1ccc(C2CCC(C)CC2)c(F)c1F.Cc1ccc(C2CCC(C3CCC(C)CC3)CC2)c(F)c1F.Cc1ccc(C2CCC(C3CCC(C)CC3)CC2)c(F)c1F.[HH].[HH].[HH].[HH].[HH].[HH].[HH].[HH].[HH].[HH]. The zero-order valence-electron chi connectivity index (χ0n) is 87.1. The van der Waals surface area contributed by atoms with E-state index in [1.54, 1.807) is 90.1 Å². The van der Waals surface area contributed by atoms with Gasteiger partial charge in [0.05, 0.1) is 20.1 Å². The predicted octanol–water partition coefficient (Wildman–Crippen LogP) is 44.7. The Morgan fingerprint density at radius 1 is 0.150 bits per heavy atom. The van der Waals surface area contributed by atoms with Crippen LogP contribution in [0, 0.1) is 196 Å². The highest BCUT2D eigenvalue weighted by Crippen LogP contribution is 2.51. The van der Waals surface area contributed by atoms with Crippen molar-refractivity contribution in [2.45, 2.75) is 415 Å². The van der Waals surface area contributed by atoms with Crippen molar-refractivity contribution in [2.75, 3.05) is 0 Å². The molecule has 16 heteroatoms. The maximum atomic E-state index is 14.2. The third kappa shape index (κ3) is 31.1. The van der Waals surface area contributed by atoms with E-state index >= 15 is 0 Å². The van der Waals surface area contributed by atoms with Gasteiger partial charge in [0.15, 0.2) is 46.5 Å². The maximum Gasteiger partial charge on any atom is 0.162 e. The first-order chi connectivity index (χ1) is 66.7. The van der Waals surface area contributed by atoms with Crippen LogP contribution in [0.25, 0.3) is 0 Å². The first-order valence-electron chi connectivity index (χ1n) is 54.2. The molecule has 10 aliphatic rings. The standard InChI is InChI=1S/2C20H28F2.4C14H18ClF.2C14H18F2.10H2/c2*1-13-3-6-15(7-4-13)16-8-10-17(11-9-16)18-12-5-14(2)19(21)20(18)22;2*1-9-3-6-11(7-4-9)12-8-5-10(2)14(16)13(12)15;4*1-9-3-6-11(7-4-9)12-8-5-10(2)13(15)14(12)16;;;;;;;;;;/h2*5,12-13,15-17H,3-4,6-11H2,1-2H3;6*5,8-9,11H,3-4,6-7H2,1-2H3;10*1H. The highest BCUT2D eigenvalue weighted by atomic mass is 35.5. The van der Waals surface area contributed by atoms with Gasteiger partial charge in [0.25, 0.3) is 0 Å². The average molecular weight is 2040 g/mol. The summed E-state index contributed by atoms with van der Waals surface area (Å²) < 4.78 is 166. The number of hydrogen-bond acceptors (Lipinski definition) is 0. The van der Waals surface area contributed by atoms with E-state index in [-0.39, 0.29) is 61.2 Å². The van der Waals surface area contributed by atoms with Crippen molar-refractivity contribution in [3.8, 4) is 0 Å². The van der Waals surface area contributed by atoms with Crippen molar-refractivity contribution in [3.63, 3.8) is 0 Å². The molecule has 8 aromatic carbocycles. The van der Waals surface area contributed by atoms with Gasteiger partial charge in [-0.3, -0.25) is 0 Å². The molecule has 10 saturated carbocycles. The fourth-order valence-corrected chi connectivity index (χ4v) is 25.6. The zero-order chi connectivity index (χ0) is 102. The molecular weight excluding hydrogens is 1860 g/mol. The Bertz CT molecular complexity index is 4580. The minimum absolute atomic E-state index is 0. The number of benzene rings is 8. The molecule has 792 valence electrons. The number of aryl methyl sites for hydroxylation is 8.